The van der Waals surface area contributed by atoms with Crippen LogP contribution in [0.2, 0.25) is 5.02 Å². The van der Waals surface area contributed by atoms with Crippen molar-refractivity contribution in [3.8, 4) is 0 Å². The second-order valence-electron chi connectivity index (χ2n) is 2.12. The Balaban J connectivity index is 3.26. The summed E-state index contributed by atoms with van der Waals surface area (Å²) in [6.45, 7) is 1.37. The van der Waals surface area contributed by atoms with Crippen LogP contribution >= 0.6 is 11.6 Å². The van der Waals surface area contributed by atoms with Gasteiger partial charge in [-0.15, -0.1) is 0 Å². The van der Waals surface area contributed by atoms with Crippen LogP contribution in [0, 0.1) is 0 Å². The van der Waals surface area contributed by atoms with Gasteiger partial charge in [-0.2, -0.15) is 0 Å². The molecule has 0 spiro atoms. The number of H-pyrrole nitrogens is 1. The zero-order chi connectivity index (χ0) is 8.43. The van der Waals surface area contributed by atoms with Crippen LogP contribution in [0.5, 0.6) is 0 Å². The number of aromatic nitrogens is 1. The van der Waals surface area contributed by atoms with Gasteiger partial charge in [-0.3, -0.25) is 9.59 Å². The van der Waals surface area contributed by atoms with Crippen LogP contribution in [0.4, 0.5) is 0 Å². The summed E-state index contributed by atoms with van der Waals surface area (Å²) < 4.78 is 0. The molecule has 0 unspecified atom stereocenters. The predicted molar refractivity (Wildman–Crippen MR) is 42.1 cm³/mol. The number of carbonyl (C=O) groups excluding carboxylic acids is 1. The van der Waals surface area contributed by atoms with Gasteiger partial charge in [-0.05, 0) is 0 Å². The largest absolute Gasteiger partial charge is 0.357 e. The van der Waals surface area contributed by atoms with E-state index in [-0.39, 0.29) is 21.9 Å². The molecule has 0 aromatic carbocycles. The van der Waals surface area contributed by atoms with E-state index in [4.69, 9.17) is 11.6 Å². The Morgan fingerprint density at radius 2 is 2.27 bits per heavy atom. The fourth-order valence-corrected chi connectivity index (χ4v) is 0.766. The molecule has 0 aliphatic heterocycles. The van der Waals surface area contributed by atoms with Crippen LogP contribution < -0.4 is 5.43 Å². The molecule has 0 bridgehead atoms. The number of hydrogen-bond acceptors (Lipinski definition) is 2. The SMILES string of the molecule is CC(=O)c1cc(=O)c(Cl)c[nH]1. The summed E-state index contributed by atoms with van der Waals surface area (Å²) in [6, 6.07) is 1.19. The third kappa shape index (κ3) is 1.68. The molecule has 58 valence electrons. The fraction of sp³-hybridized carbons (Fsp3) is 0.143. The van der Waals surface area contributed by atoms with Crippen molar-refractivity contribution in [2.75, 3.05) is 0 Å². The minimum absolute atomic E-state index is 0.0926. The molecule has 3 nitrogen and oxygen atoms in total. The van der Waals surface area contributed by atoms with E-state index in [1.54, 1.807) is 0 Å². The summed E-state index contributed by atoms with van der Waals surface area (Å²) in [5, 5.41) is 0.0926. The monoisotopic (exact) mass is 171 g/mol. The van der Waals surface area contributed by atoms with Crippen molar-refractivity contribution in [3.63, 3.8) is 0 Å². The number of rotatable bonds is 1. The van der Waals surface area contributed by atoms with Gasteiger partial charge in [-0.1, -0.05) is 11.6 Å². The molecule has 0 saturated carbocycles. The summed E-state index contributed by atoms with van der Waals surface area (Å²) in [5.41, 5.74) is -0.0602. The predicted octanol–water partition coefficient (Wildman–Crippen LogP) is 1.23. The molecule has 11 heavy (non-hydrogen) atoms. The lowest BCUT2D eigenvalue weighted by atomic mass is 10.3. The van der Waals surface area contributed by atoms with Crippen molar-refractivity contribution in [2.24, 2.45) is 0 Å². The van der Waals surface area contributed by atoms with E-state index in [1.807, 2.05) is 0 Å². The van der Waals surface area contributed by atoms with Gasteiger partial charge in [0, 0.05) is 19.2 Å². The van der Waals surface area contributed by atoms with Crippen molar-refractivity contribution in [2.45, 2.75) is 6.92 Å². The van der Waals surface area contributed by atoms with Gasteiger partial charge in [0.25, 0.3) is 0 Å². The summed E-state index contributed by atoms with van der Waals surface area (Å²) in [7, 11) is 0. The highest BCUT2D eigenvalue weighted by Crippen LogP contribution is 1.99. The van der Waals surface area contributed by atoms with Crippen molar-refractivity contribution in [3.05, 3.63) is 33.2 Å². The van der Waals surface area contributed by atoms with Crippen molar-refractivity contribution in [1.82, 2.24) is 4.98 Å². The number of Topliss-reactive ketones (excluding diaryl/α,β-unsaturated/α-hetero) is 1. The van der Waals surface area contributed by atoms with Crippen molar-refractivity contribution >= 4 is 17.4 Å². The molecule has 1 rings (SSSR count). The Hall–Kier alpha value is -1.09. The van der Waals surface area contributed by atoms with Gasteiger partial charge in [-0.25, -0.2) is 0 Å². The molecule has 0 saturated heterocycles. The van der Waals surface area contributed by atoms with E-state index in [0.717, 1.165) is 0 Å². The van der Waals surface area contributed by atoms with Crippen LogP contribution in [-0.4, -0.2) is 10.8 Å². The summed E-state index contributed by atoms with van der Waals surface area (Å²) in [5.74, 6) is -0.182. The molecule has 0 atom stereocenters. The molecule has 1 N–H and O–H groups in total. The van der Waals surface area contributed by atoms with Gasteiger partial charge in [0.05, 0.1) is 5.69 Å². The average molecular weight is 172 g/mol. The maximum Gasteiger partial charge on any atom is 0.200 e. The normalized spacial score (nSPS) is 9.64. The number of nitrogens with one attached hydrogen (secondary N) is 1. The standard InChI is InChI=1S/C7H6ClNO2/c1-4(10)6-2-7(11)5(8)3-9-6/h2-3H,1H3,(H,9,11). The van der Waals surface area contributed by atoms with Crippen LogP contribution in [0.3, 0.4) is 0 Å². The molecule has 1 aromatic rings. The van der Waals surface area contributed by atoms with E-state index >= 15 is 0 Å². The molecule has 0 aliphatic carbocycles. The molecule has 0 radical (unpaired) electrons. The van der Waals surface area contributed by atoms with Crippen LogP contribution in [0.15, 0.2) is 17.1 Å². The van der Waals surface area contributed by atoms with E-state index in [2.05, 4.69) is 4.98 Å². The number of aromatic amines is 1. The first-order valence-electron chi connectivity index (χ1n) is 3.00. The van der Waals surface area contributed by atoms with E-state index in [1.165, 1.54) is 19.2 Å². The number of hydrogen-bond donors (Lipinski definition) is 1. The maximum atomic E-state index is 10.8. The first-order chi connectivity index (χ1) is 5.11. The summed E-state index contributed by atoms with van der Waals surface area (Å²) in [4.78, 5) is 24.1. The zero-order valence-corrected chi connectivity index (χ0v) is 6.61. The quantitative estimate of drug-likeness (QED) is 0.647. The van der Waals surface area contributed by atoms with E-state index in [9.17, 15) is 9.59 Å². The average Bonchev–Trinajstić information content (AvgIpc) is 1.94. The Bertz CT molecular complexity index is 343. The second kappa shape index (κ2) is 2.88. The van der Waals surface area contributed by atoms with Crippen molar-refractivity contribution in [1.29, 1.82) is 0 Å². The highest BCUT2D eigenvalue weighted by Gasteiger charge is 2.01. The van der Waals surface area contributed by atoms with E-state index < -0.39 is 0 Å². The van der Waals surface area contributed by atoms with Gasteiger partial charge in [0.1, 0.15) is 5.02 Å². The van der Waals surface area contributed by atoms with Crippen LogP contribution in [0.1, 0.15) is 17.4 Å². The maximum absolute atomic E-state index is 10.8. The Labute approximate surface area is 68.0 Å². The summed E-state index contributed by atoms with van der Waals surface area (Å²) in [6.07, 6.45) is 1.31. The number of pyridine rings is 1. The molecule has 1 aromatic heterocycles. The zero-order valence-electron chi connectivity index (χ0n) is 5.85. The lowest BCUT2D eigenvalue weighted by Crippen LogP contribution is -2.06. The van der Waals surface area contributed by atoms with Gasteiger partial charge < -0.3 is 4.98 Å². The first-order valence-corrected chi connectivity index (χ1v) is 3.38. The molecule has 0 aliphatic rings. The molecular weight excluding hydrogens is 166 g/mol. The van der Waals surface area contributed by atoms with Gasteiger partial charge >= 0.3 is 0 Å². The third-order valence-electron chi connectivity index (χ3n) is 1.24. The third-order valence-corrected chi connectivity index (χ3v) is 1.54. The van der Waals surface area contributed by atoms with Gasteiger partial charge in [0.15, 0.2) is 5.78 Å². The van der Waals surface area contributed by atoms with E-state index in [0.29, 0.717) is 0 Å². The fourth-order valence-electron chi connectivity index (χ4n) is 0.657. The minimum atomic E-state index is -0.337. The first kappa shape index (κ1) is 8.01. The molecular formula is C7H6ClNO2. The smallest absolute Gasteiger partial charge is 0.200 e. The van der Waals surface area contributed by atoms with Crippen molar-refractivity contribution < 1.29 is 4.79 Å². The topological polar surface area (TPSA) is 49.9 Å². The molecule has 0 fully saturated rings. The number of ketones is 1. The lowest BCUT2D eigenvalue weighted by Gasteiger charge is -1.93. The summed E-state index contributed by atoms with van der Waals surface area (Å²) >= 11 is 5.43. The highest BCUT2D eigenvalue weighted by molar-refractivity contribution is 6.30. The Kier molecular flexibility index (Phi) is 2.10. The number of halogens is 1. The van der Waals surface area contributed by atoms with Crippen LogP contribution in [0.25, 0.3) is 0 Å². The van der Waals surface area contributed by atoms with Gasteiger partial charge in [0.2, 0.25) is 5.43 Å². The molecule has 0 amide bonds. The number of carbonyl (C=O) groups is 1. The lowest BCUT2D eigenvalue weighted by molar-refractivity contribution is 0.101. The Morgan fingerprint density at radius 3 is 2.73 bits per heavy atom. The Morgan fingerprint density at radius 1 is 1.64 bits per heavy atom. The minimum Gasteiger partial charge on any atom is -0.357 e. The highest BCUT2D eigenvalue weighted by atomic mass is 35.5. The second-order valence-corrected chi connectivity index (χ2v) is 2.52. The molecule has 4 heteroatoms. The molecule has 1 heterocycles. The van der Waals surface area contributed by atoms with Crippen LogP contribution in [-0.2, 0) is 0 Å².